The summed E-state index contributed by atoms with van der Waals surface area (Å²) in [7, 11) is 0. The maximum absolute atomic E-state index is 6.82. The standard InChI is InChI=1S/C4H8O3/c1-3-2-6-4(5)7-3/h3-5H,2H2,1H3/p+1. The van der Waals surface area contributed by atoms with Crippen molar-refractivity contribution in [1.29, 1.82) is 0 Å². The molecule has 0 aromatic carbocycles. The van der Waals surface area contributed by atoms with Gasteiger partial charge in [0.2, 0.25) is 0 Å². The van der Waals surface area contributed by atoms with Crippen molar-refractivity contribution in [2.45, 2.75) is 19.5 Å². The first-order valence-corrected chi connectivity index (χ1v) is 2.27. The molecule has 0 aromatic rings. The first kappa shape index (κ1) is 5.03. The predicted octanol–water partition coefficient (Wildman–Crippen LogP) is -0.570. The van der Waals surface area contributed by atoms with Gasteiger partial charge in [-0.15, -0.1) is 0 Å². The van der Waals surface area contributed by atoms with Gasteiger partial charge in [0, 0.05) is 0 Å². The summed E-state index contributed by atoms with van der Waals surface area (Å²) in [4.78, 5) is 0. The lowest BCUT2D eigenvalue weighted by atomic mass is 10.5. The van der Waals surface area contributed by atoms with Gasteiger partial charge in [-0.3, -0.25) is 9.47 Å². The van der Waals surface area contributed by atoms with Crippen LogP contribution < -0.4 is 0 Å². The van der Waals surface area contributed by atoms with Crippen LogP contribution in [0.5, 0.6) is 0 Å². The van der Waals surface area contributed by atoms with Gasteiger partial charge in [0.25, 0.3) is 0 Å². The molecule has 0 aliphatic carbocycles. The Balaban J connectivity index is 2.26. The third kappa shape index (κ3) is 1.12. The molecule has 0 amide bonds. The van der Waals surface area contributed by atoms with E-state index < -0.39 is 6.48 Å². The molecule has 1 rings (SSSR count). The molecule has 1 heterocycles. The second kappa shape index (κ2) is 1.78. The van der Waals surface area contributed by atoms with Crippen LogP contribution in [0.3, 0.4) is 0 Å². The monoisotopic (exact) mass is 105 g/mol. The number of ether oxygens (including phenoxy) is 2. The van der Waals surface area contributed by atoms with E-state index >= 15 is 0 Å². The minimum Gasteiger partial charge on any atom is -0.398 e. The van der Waals surface area contributed by atoms with E-state index in [1.165, 1.54) is 0 Å². The van der Waals surface area contributed by atoms with Gasteiger partial charge < -0.3 is 5.11 Å². The normalized spacial score (nSPS) is 42.0. The molecule has 0 bridgehead atoms. The second-order valence-electron chi connectivity index (χ2n) is 1.61. The molecule has 1 fully saturated rings. The molecule has 7 heavy (non-hydrogen) atoms. The van der Waals surface area contributed by atoms with Crippen molar-refractivity contribution in [3.63, 3.8) is 0 Å². The van der Waals surface area contributed by atoms with Gasteiger partial charge in [0.05, 0.1) is 12.7 Å². The largest absolute Gasteiger partial charge is 0.398 e. The number of hydrogen-bond acceptors (Lipinski definition) is 2. The van der Waals surface area contributed by atoms with Crippen LogP contribution in [0.15, 0.2) is 0 Å². The predicted molar refractivity (Wildman–Crippen MR) is 23.9 cm³/mol. The molecule has 1 saturated heterocycles. The molecule has 2 atom stereocenters. The Morgan fingerprint density at radius 2 is 2.43 bits per heavy atom. The molecular formula is C4H9O3+. The maximum atomic E-state index is 6.82. The molecular weight excluding hydrogens is 96.0 g/mol. The van der Waals surface area contributed by atoms with Crippen molar-refractivity contribution in [2.75, 3.05) is 6.61 Å². The van der Waals surface area contributed by atoms with E-state index in [4.69, 9.17) is 14.6 Å². The van der Waals surface area contributed by atoms with E-state index in [2.05, 4.69) is 0 Å². The molecule has 0 radical (unpaired) electrons. The van der Waals surface area contributed by atoms with E-state index in [9.17, 15) is 0 Å². The van der Waals surface area contributed by atoms with Gasteiger partial charge >= 0.3 is 6.48 Å². The van der Waals surface area contributed by atoms with Crippen molar-refractivity contribution in [2.24, 2.45) is 0 Å². The van der Waals surface area contributed by atoms with Crippen LogP contribution in [-0.2, 0) is 9.47 Å². The molecule has 0 saturated carbocycles. The van der Waals surface area contributed by atoms with Crippen molar-refractivity contribution in [3.05, 3.63) is 0 Å². The second-order valence-corrected chi connectivity index (χ2v) is 1.61. The Hall–Kier alpha value is -0.120. The van der Waals surface area contributed by atoms with Crippen molar-refractivity contribution in [1.82, 2.24) is 0 Å². The molecule has 2 N–H and O–H groups in total. The Kier molecular flexibility index (Phi) is 1.27. The zero-order valence-corrected chi connectivity index (χ0v) is 4.18. The zero-order chi connectivity index (χ0) is 5.28. The summed E-state index contributed by atoms with van der Waals surface area (Å²) in [6.07, 6.45) is 0.113. The fraction of sp³-hybridized carbons (Fsp3) is 1.00. The van der Waals surface area contributed by atoms with Gasteiger partial charge in [0.1, 0.15) is 0 Å². The van der Waals surface area contributed by atoms with Crippen molar-refractivity contribution in [3.8, 4) is 0 Å². The maximum Gasteiger partial charge on any atom is 0.387 e. The van der Waals surface area contributed by atoms with Crippen molar-refractivity contribution >= 4 is 0 Å². The van der Waals surface area contributed by atoms with Crippen LogP contribution >= 0.6 is 0 Å². The first-order chi connectivity index (χ1) is 3.29. The lowest BCUT2D eigenvalue weighted by Gasteiger charge is -1.93. The van der Waals surface area contributed by atoms with E-state index in [1.807, 2.05) is 6.92 Å². The number of rotatable bonds is 0. The quantitative estimate of drug-likeness (QED) is 0.387. The summed E-state index contributed by atoms with van der Waals surface area (Å²) in [6.45, 7) is 1.72. The Bertz CT molecular complexity index is 56.0. The highest BCUT2D eigenvalue weighted by Crippen LogP contribution is 2.06. The smallest absolute Gasteiger partial charge is 0.387 e. The lowest BCUT2D eigenvalue weighted by Crippen LogP contribution is -2.06. The number of hydrogen-bond donors (Lipinski definition) is 0. The molecule has 2 unspecified atom stereocenters. The molecule has 1 aliphatic heterocycles. The SMILES string of the molecule is CC1COC([OH2+])O1. The lowest BCUT2D eigenvalue weighted by molar-refractivity contribution is -0.202. The van der Waals surface area contributed by atoms with E-state index in [-0.39, 0.29) is 6.10 Å². The summed E-state index contributed by atoms with van der Waals surface area (Å²) in [5.41, 5.74) is 0. The summed E-state index contributed by atoms with van der Waals surface area (Å²) in [6, 6.07) is 0. The van der Waals surface area contributed by atoms with Crippen LogP contribution in [-0.4, -0.2) is 24.3 Å². The van der Waals surface area contributed by atoms with Crippen LogP contribution in [0.25, 0.3) is 0 Å². The van der Waals surface area contributed by atoms with E-state index in [0.29, 0.717) is 6.61 Å². The highest BCUT2D eigenvalue weighted by Gasteiger charge is 2.22. The minimum atomic E-state index is -0.727. The fourth-order valence-corrected chi connectivity index (χ4v) is 0.512. The van der Waals surface area contributed by atoms with Gasteiger partial charge in [-0.1, -0.05) is 0 Å². The molecule has 0 aromatic heterocycles. The van der Waals surface area contributed by atoms with Crippen LogP contribution in [0.4, 0.5) is 0 Å². The zero-order valence-electron chi connectivity index (χ0n) is 4.18. The van der Waals surface area contributed by atoms with Gasteiger partial charge in [0.15, 0.2) is 0 Å². The Morgan fingerprint density at radius 3 is 2.57 bits per heavy atom. The molecule has 3 nitrogen and oxygen atoms in total. The fourth-order valence-electron chi connectivity index (χ4n) is 0.512. The average Bonchev–Trinajstić information content (AvgIpc) is 1.87. The summed E-state index contributed by atoms with van der Waals surface area (Å²) >= 11 is 0. The highest BCUT2D eigenvalue weighted by molar-refractivity contribution is 4.50. The van der Waals surface area contributed by atoms with Gasteiger partial charge in [-0.2, -0.15) is 0 Å². The highest BCUT2D eigenvalue weighted by atomic mass is 16.8. The van der Waals surface area contributed by atoms with Crippen LogP contribution in [0, 0.1) is 0 Å². The van der Waals surface area contributed by atoms with Crippen molar-refractivity contribution < 1.29 is 14.6 Å². The van der Waals surface area contributed by atoms with E-state index in [0.717, 1.165) is 0 Å². The van der Waals surface area contributed by atoms with Crippen LogP contribution in [0.2, 0.25) is 0 Å². The summed E-state index contributed by atoms with van der Waals surface area (Å²) < 4.78 is 9.52. The minimum absolute atomic E-state index is 0.113. The van der Waals surface area contributed by atoms with Gasteiger partial charge in [-0.25, -0.2) is 0 Å². The first-order valence-electron chi connectivity index (χ1n) is 2.27. The third-order valence-corrected chi connectivity index (χ3v) is 0.838. The average molecular weight is 105 g/mol. The van der Waals surface area contributed by atoms with Crippen LogP contribution in [0.1, 0.15) is 6.92 Å². The summed E-state index contributed by atoms with van der Waals surface area (Å²) in [5.74, 6) is 0. The Labute approximate surface area is 41.8 Å². The van der Waals surface area contributed by atoms with Gasteiger partial charge in [-0.05, 0) is 6.92 Å². The summed E-state index contributed by atoms with van der Waals surface area (Å²) in [5, 5.41) is 6.82. The topological polar surface area (TPSA) is 41.4 Å². The molecule has 3 heteroatoms. The molecule has 42 valence electrons. The Morgan fingerprint density at radius 1 is 1.71 bits per heavy atom. The third-order valence-electron chi connectivity index (χ3n) is 0.838. The molecule has 0 spiro atoms. The molecule has 1 aliphatic rings. The van der Waals surface area contributed by atoms with E-state index in [1.54, 1.807) is 0 Å².